The van der Waals surface area contributed by atoms with Crippen molar-refractivity contribution in [2.24, 2.45) is 11.5 Å². The number of nitrogen functional groups attached to an aromatic ring is 1. The quantitative estimate of drug-likeness (QED) is 0.125. The Kier molecular flexibility index (Phi) is 8.89. The average molecular weight is 723 g/mol. The molecule has 9 aromatic rings. The number of aryl methyl sites for hydroxylation is 1. The fraction of sp³-hybridized carbons (Fsp3) is 0.0577. The first-order valence-corrected chi connectivity index (χ1v) is 19.1. The van der Waals surface area contributed by atoms with Crippen LogP contribution in [0.2, 0.25) is 0 Å². The molecule has 0 atom stereocenters. The first kappa shape index (κ1) is 34.7. The standard InChI is InChI=1S/C32H21N.C13H13N.C7H8N2/c1-20-17-18-27-30(19-20)33-29-16-7-4-11-23(29)24-12-8-15-28(31(24)33)32(27)25-13-5-2-9-21(25)22-10-3-6-14-26(22)32;14-10-11-6-8-13(9-7-11)12-4-2-1-3-5-12;8-7(9)6-4-2-1-3-5-6/h2-19H,1H3;1-9H,10,14H2;1-5H,(H3,8,9). The number of para-hydroxylation sites is 2. The molecule has 0 bridgehead atoms. The lowest BCUT2D eigenvalue weighted by atomic mass is 9.65. The van der Waals surface area contributed by atoms with E-state index in [-0.39, 0.29) is 11.3 Å². The van der Waals surface area contributed by atoms with E-state index < -0.39 is 0 Å². The lowest BCUT2D eigenvalue weighted by Crippen LogP contribution is -2.33. The van der Waals surface area contributed by atoms with Crippen LogP contribution in [0.3, 0.4) is 0 Å². The van der Waals surface area contributed by atoms with E-state index in [0.29, 0.717) is 6.54 Å². The van der Waals surface area contributed by atoms with E-state index in [1.54, 1.807) is 0 Å². The monoisotopic (exact) mass is 722 g/mol. The molecule has 2 aliphatic rings. The van der Waals surface area contributed by atoms with E-state index in [1.165, 1.54) is 83.1 Å². The Balaban J connectivity index is 0.000000146. The number of hydrogen-bond acceptors (Lipinski definition) is 2. The highest BCUT2D eigenvalue weighted by atomic mass is 15.0. The summed E-state index contributed by atoms with van der Waals surface area (Å²) in [5, 5.41) is 9.66. The minimum Gasteiger partial charge on any atom is -0.384 e. The molecule has 1 spiro atoms. The topological polar surface area (TPSA) is 80.8 Å². The first-order chi connectivity index (χ1) is 27.5. The molecule has 4 nitrogen and oxygen atoms in total. The van der Waals surface area contributed by atoms with Crippen molar-refractivity contribution in [2.75, 3.05) is 0 Å². The van der Waals surface area contributed by atoms with Crippen molar-refractivity contribution in [3.05, 3.63) is 233 Å². The molecule has 5 N–H and O–H groups in total. The molecule has 0 unspecified atom stereocenters. The summed E-state index contributed by atoms with van der Waals surface area (Å²) in [7, 11) is 0. The van der Waals surface area contributed by atoms with Crippen molar-refractivity contribution in [2.45, 2.75) is 18.9 Å². The minimum atomic E-state index is -0.319. The molecular formula is C52H42N4. The van der Waals surface area contributed by atoms with Gasteiger partial charge < -0.3 is 16.0 Å². The smallest absolute Gasteiger partial charge is 0.122 e. The summed E-state index contributed by atoms with van der Waals surface area (Å²) < 4.78 is 2.51. The number of amidine groups is 1. The van der Waals surface area contributed by atoms with Gasteiger partial charge in [-0.2, -0.15) is 0 Å². The highest BCUT2D eigenvalue weighted by Crippen LogP contribution is 2.60. The van der Waals surface area contributed by atoms with Crippen molar-refractivity contribution in [1.82, 2.24) is 4.57 Å². The molecule has 4 heteroatoms. The number of nitrogens with zero attached hydrogens (tertiary/aromatic N) is 1. The van der Waals surface area contributed by atoms with Crippen molar-refractivity contribution in [1.29, 1.82) is 5.41 Å². The van der Waals surface area contributed by atoms with Crippen LogP contribution in [0.25, 0.3) is 49.7 Å². The number of fused-ring (bicyclic) bond motifs is 12. The van der Waals surface area contributed by atoms with Crippen molar-refractivity contribution in [3.63, 3.8) is 0 Å². The Morgan fingerprint density at radius 2 is 1.09 bits per heavy atom. The highest BCUT2D eigenvalue weighted by Gasteiger charge is 2.50. The van der Waals surface area contributed by atoms with Gasteiger partial charge in [0.25, 0.3) is 0 Å². The van der Waals surface area contributed by atoms with Gasteiger partial charge in [0.2, 0.25) is 0 Å². The summed E-state index contributed by atoms with van der Waals surface area (Å²) in [6, 6.07) is 68.7. The third-order valence-corrected chi connectivity index (χ3v) is 11.2. The Hall–Kier alpha value is -7.01. The zero-order chi connectivity index (χ0) is 38.2. The molecule has 11 rings (SSSR count). The molecule has 56 heavy (non-hydrogen) atoms. The second kappa shape index (κ2) is 14.3. The lowest BCUT2D eigenvalue weighted by Gasteiger charge is -2.39. The number of hydrogen-bond donors (Lipinski definition) is 3. The van der Waals surface area contributed by atoms with Gasteiger partial charge >= 0.3 is 0 Å². The van der Waals surface area contributed by atoms with Crippen molar-refractivity contribution in [3.8, 4) is 27.9 Å². The summed E-state index contributed by atoms with van der Waals surface area (Å²) in [5.41, 5.74) is 28.3. The Morgan fingerprint density at radius 3 is 1.73 bits per heavy atom. The van der Waals surface area contributed by atoms with Gasteiger partial charge in [0.15, 0.2) is 0 Å². The molecule has 0 saturated carbocycles. The molecular weight excluding hydrogens is 681 g/mol. The summed E-state index contributed by atoms with van der Waals surface area (Å²) in [5.74, 6) is 0.121. The van der Waals surface area contributed by atoms with E-state index in [4.69, 9.17) is 16.9 Å². The molecule has 8 aromatic carbocycles. The highest BCUT2D eigenvalue weighted by molar-refractivity contribution is 6.12. The van der Waals surface area contributed by atoms with Gasteiger partial charge in [-0.3, -0.25) is 5.41 Å². The number of rotatable bonds is 3. The summed E-state index contributed by atoms with van der Waals surface area (Å²) in [6.45, 7) is 2.81. The average Bonchev–Trinajstić information content (AvgIpc) is 3.76. The van der Waals surface area contributed by atoms with E-state index in [1.807, 2.05) is 48.5 Å². The predicted octanol–water partition coefficient (Wildman–Crippen LogP) is 11.6. The molecule has 0 radical (unpaired) electrons. The van der Waals surface area contributed by atoms with Crippen LogP contribution in [0.5, 0.6) is 0 Å². The molecule has 0 amide bonds. The van der Waals surface area contributed by atoms with Gasteiger partial charge in [-0.25, -0.2) is 0 Å². The lowest BCUT2D eigenvalue weighted by molar-refractivity contribution is 0.748. The van der Waals surface area contributed by atoms with Crippen LogP contribution in [0, 0.1) is 12.3 Å². The number of aromatic nitrogens is 1. The van der Waals surface area contributed by atoms with E-state index >= 15 is 0 Å². The Labute approximate surface area is 327 Å². The van der Waals surface area contributed by atoms with Gasteiger partial charge in [0.05, 0.1) is 22.1 Å². The number of nitrogens with one attached hydrogen (secondary N) is 1. The second-order valence-corrected chi connectivity index (χ2v) is 14.5. The van der Waals surface area contributed by atoms with Crippen LogP contribution >= 0.6 is 0 Å². The van der Waals surface area contributed by atoms with Crippen LogP contribution in [0.15, 0.2) is 194 Å². The van der Waals surface area contributed by atoms with E-state index in [2.05, 4.69) is 157 Å². The Morgan fingerprint density at radius 1 is 0.536 bits per heavy atom. The van der Waals surface area contributed by atoms with Gasteiger partial charge in [0.1, 0.15) is 5.84 Å². The van der Waals surface area contributed by atoms with E-state index in [9.17, 15) is 0 Å². The Bertz CT molecular complexity index is 2820. The largest absolute Gasteiger partial charge is 0.384 e. The van der Waals surface area contributed by atoms with Crippen LogP contribution in [0.1, 0.15) is 38.9 Å². The van der Waals surface area contributed by atoms with Crippen LogP contribution < -0.4 is 11.5 Å². The minimum absolute atomic E-state index is 0.121. The fourth-order valence-electron chi connectivity index (χ4n) is 8.76. The van der Waals surface area contributed by atoms with Gasteiger partial charge in [-0.15, -0.1) is 0 Å². The van der Waals surface area contributed by atoms with Crippen LogP contribution in [0.4, 0.5) is 0 Å². The van der Waals surface area contributed by atoms with Crippen LogP contribution in [-0.2, 0) is 12.0 Å². The summed E-state index contributed by atoms with van der Waals surface area (Å²) in [6.07, 6.45) is 0. The molecule has 2 heterocycles. The third kappa shape index (κ3) is 5.62. The normalized spacial score (nSPS) is 12.5. The third-order valence-electron chi connectivity index (χ3n) is 11.2. The second-order valence-electron chi connectivity index (χ2n) is 14.5. The zero-order valence-corrected chi connectivity index (χ0v) is 31.3. The SMILES string of the molecule is Cc1ccc2c(c1)-n1c3ccccc3c3cccc(c31)C21c2ccccc2-c2ccccc21.N=C(N)c1ccccc1.NCc1ccc(-c2ccccc2)cc1. The summed E-state index contributed by atoms with van der Waals surface area (Å²) in [4.78, 5) is 0. The van der Waals surface area contributed by atoms with Crippen molar-refractivity contribution >= 4 is 27.6 Å². The first-order valence-electron chi connectivity index (χ1n) is 19.1. The number of nitrogens with two attached hydrogens (primary N) is 2. The predicted molar refractivity (Wildman–Crippen MR) is 234 cm³/mol. The molecule has 1 aromatic heterocycles. The maximum atomic E-state index is 7.01. The van der Waals surface area contributed by atoms with Crippen LogP contribution in [-0.4, -0.2) is 10.4 Å². The van der Waals surface area contributed by atoms with Crippen molar-refractivity contribution < 1.29 is 0 Å². The zero-order valence-electron chi connectivity index (χ0n) is 31.3. The summed E-state index contributed by atoms with van der Waals surface area (Å²) >= 11 is 0. The number of benzene rings is 8. The maximum Gasteiger partial charge on any atom is 0.122 e. The van der Waals surface area contributed by atoms with Gasteiger partial charge in [-0.05, 0) is 74.7 Å². The molecule has 270 valence electrons. The molecule has 1 aliphatic carbocycles. The van der Waals surface area contributed by atoms with Gasteiger partial charge in [-0.1, -0.05) is 182 Å². The van der Waals surface area contributed by atoms with E-state index in [0.717, 1.165) is 5.56 Å². The van der Waals surface area contributed by atoms with Gasteiger partial charge in [0, 0.05) is 22.9 Å². The maximum absolute atomic E-state index is 7.01. The molecule has 0 saturated heterocycles. The molecule has 1 aliphatic heterocycles. The fourth-order valence-corrected chi connectivity index (χ4v) is 8.76. The molecule has 0 fully saturated rings.